The van der Waals surface area contributed by atoms with Crippen LogP contribution in [0.5, 0.6) is 11.5 Å². The summed E-state index contributed by atoms with van der Waals surface area (Å²) in [6.07, 6.45) is 5.84. The van der Waals surface area contributed by atoms with E-state index in [9.17, 15) is 0 Å². The molecule has 0 atom stereocenters. The van der Waals surface area contributed by atoms with Crippen molar-refractivity contribution in [2.45, 2.75) is 19.5 Å². The zero-order valence-corrected chi connectivity index (χ0v) is 13.6. The van der Waals surface area contributed by atoms with Gasteiger partial charge < -0.3 is 9.47 Å². The molecule has 1 aliphatic rings. The standard InChI is InChI=1S/C15H15ClN6O2/c16-13-6-15-14(23-3-4-24-15)5-11(13)7-22-8-12(19-20-22)1-2-21-10-17-9-18-21/h5-6,8-10H,1-4,7H2. The lowest BCUT2D eigenvalue weighted by molar-refractivity contribution is 0.171. The minimum atomic E-state index is 0.520. The van der Waals surface area contributed by atoms with E-state index < -0.39 is 0 Å². The topological polar surface area (TPSA) is 79.9 Å². The highest BCUT2D eigenvalue weighted by atomic mass is 35.5. The maximum atomic E-state index is 6.33. The van der Waals surface area contributed by atoms with Crippen molar-refractivity contribution >= 4 is 11.6 Å². The monoisotopic (exact) mass is 346 g/mol. The first-order valence-electron chi connectivity index (χ1n) is 7.57. The Balaban J connectivity index is 1.45. The summed E-state index contributed by atoms with van der Waals surface area (Å²) in [7, 11) is 0. The predicted octanol–water partition coefficient (Wildman–Crippen LogP) is 1.59. The fourth-order valence-electron chi connectivity index (χ4n) is 2.51. The van der Waals surface area contributed by atoms with Crippen molar-refractivity contribution in [2.24, 2.45) is 0 Å². The first kappa shape index (κ1) is 14.9. The van der Waals surface area contributed by atoms with Gasteiger partial charge in [0.25, 0.3) is 0 Å². The van der Waals surface area contributed by atoms with E-state index in [0.29, 0.717) is 42.8 Å². The summed E-state index contributed by atoms with van der Waals surface area (Å²) in [6.45, 7) is 2.32. The van der Waals surface area contributed by atoms with Gasteiger partial charge in [-0.3, -0.25) is 4.68 Å². The van der Waals surface area contributed by atoms with Crippen molar-refractivity contribution < 1.29 is 9.47 Å². The number of hydrogen-bond donors (Lipinski definition) is 0. The molecule has 0 N–H and O–H groups in total. The molecule has 4 rings (SSSR count). The van der Waals surface area contributed by atoms with E-state index in [0.717, 1.165) is 17.7 Å². The van der Waals surface area contributed by atoms with Crippen molar-refractivity contribution in [3.8, 4) is 11.5 Å². The van der Waals surface area contributed by atoms with Gasteiger partial charge in [0.1, 0.15) is 25.9 Å². The van der Waals surface area contributed by atoms with Gasteiger partial charge in [0.05, 0.1) is 12.2 Å². The summed E-state index contributed by atoms with van der Waals surface area (Å²) < 4.78 is 14.6. The molecule has 2 aromatic heterocycles. The molecule has 8 nitrogen and oxygen atoms in total. The summed E-state index contributed by atoms with van der Waals surface area (Å²) >= 11 is 6.33. The minimum Gasteiger partial charge on any atom is -0.486 e. The smallest absolute Gasteiger partial charge is 0.162 e. The number of hydrogen-bond acceptors (Lipinski definition) is 6. The normalized spacial score (nSPS) is 13.2. The molecule has 0 saturated carbocycles. The lowest BCUT2D eigenvalue weighted by Crippen LogP contribution is -2.15. The average molecular weight is 347 g/mol. The van der Waals surface area contributed by atoms with Crippen molar-refractivity contribution in [1.82, 2.24) is 29.8 Å². The van der Waals surface area contributed by atoms with Gasteiger partial charge in [0.15, 0.2) is 11.5 Å². The van der Waals surface area contributed by atoms with Crippen LogP contribution in [-0.4, -0.2) is 43.0 Å². The van der Waals surface area contributed by atoms with Crippen LogP contribution in [0.3, 0.4) is 0 Å². The Morgan fingerprint density at radius 3 is 2.75 bits per heavy atom. The number of rotatable bonds is 5. The second-order valence-corrected chi connectivity index (χ2v) is 5.81. The minimum absolute atomic E-state index is 0.520. The number of aryl methyl sites for hydroxylation is 2. The molecular weight excluding hydrogens is 332 g/mol. The summed E-state index contributed by atoms with van der Waals surface area (Å²) in [6, 6.07) is 3.68. The molecule has 0 radical (unpaired) electrons. The van der Waals surface area contributed by atoms with Gasteiger partial charge >= 0.3 is 0 Å². The molecule has 124 valence electrons. The fourth-order valence-corrected chi connectivity index (χ4v) is 2.72. The van der Waals surface area contributed by atoms with E-state index in [2.05, 4.69) is 20.4 Å². The molecule has 0 bridgehead atoms. The maximum Gasteiger partial charge on any atom is 0.162 e. The number of fused-ring (bicyclic) bond motifs is 1. The van der Waals surface area contributed by atoms with Crippen LogP contribution in [0.25, 0.3) is 0 Å². The summed E-state index contributed by atoms with van der Waals surface area (Å²) in [5.74, 6) is 1.40. The van der Waals surface area contributed by atoms with Gasteiger partial charge in [-0.25, -0.2) is 9.67 Å². The lowest BCUT2D eigenvalue weighted by Gasteiger charge is -2.19. The Labute approximate surface area is 143 Å². The van der Waals surface area contributed by atoms with Crippen molar-refractivity contribution in [1.29, 1.82) is 0 Å². The van der Waals surface area contributed by atoms with E-state index in [1.165, 1.54) is 6.33 Å². The molecule has 3 aromatic rings. The van der Waals surface area contributed by atoms with Gasteiger partial charge in [-0.05, 0) is 11.6 Å². The summed E-state index contributed by atoms with van der Waals surface area (Å²) in [4.78, 5) is 3.91. The molecule has 9 heteroatoms. The second-order valence-electron chi connectivity index (χ2n) is 5.40. The van der Waals surface area contributed by atoms with E-state index in [-0.39, 0.29) is 0 Å². The van der Waals surface area contributed by atoms with Crippen LogP contribution in [0.15, 0.2) is 31.0 Å². The third-order valence-electron chi connectivity index (χ3n) is 3.69. The van der Waals surface area contributed by atoms with Gasteiger partial charge in [-0.1, -0.05) is 16.8 Å². The molecule has 1 aliphatic heterocycles. The summed E-state index contributed by atoms with van der Waals surface area (Å²) in [5, 5.41) is 13.0. The molecule has 0 saturated heterocycles. The number of aromatic nitrogens is 6. The zero-order chi connectivity index (χ0) is 16.4. The third-order valence-corrected chi connectivity index (χ3v) is 4.05. The van der Waals surface area contributed by atoms with Gasteiger partial charge in [0.2, 0.25) is 0 Å². The molecule has 0 spiro atoms. The SMILES string of the molecule is Clc1cc2c(cc1Cn1cc(CCn3cncn3)nn1)OCCO2. The summed E-state index contributed by atoms with van der Waals surface area (Å²) in [5.41, 5.74) is 1.80. The predicted molar refractivity (Wildman–Crippen MR) is 85.3 cm³/mol. The van der Waals surface area contributed by atoms with Crippen molar-refractivity contribution in [3.05, 3.63) is 47.3 Å². The average Bonchev–Trinajstić information content (AvgIpc) is 3.25. The quantitative estimate of drug-likeness (QED) is 0.698. The van der Waals surface area contributed by atoms with Crippen molar-refractivity contribution in [3.63, 3.8) is 0 Å². The van der Waals surface area contributed by atoms with Crippen LogP contribution >= 0.6 is 11.6 Å². The Bertz CT molecular complexity index is 833. The van der Waals surface area contributed by atoms with Gasteiger partial charge in [-0.2, -0.15) is 5.10 Å². The largest absolute Gasteiger partial charge is 0.486 e. The maximum absolute atomic E-state index is 6.33. The van der Waals surface area contributed by atoms with E-state index in [1.807, 2.05) is 12.3 Å². The van der Waals surface area contributed by atoms with E-state index in [1.54, 1.807) is 21.8 Å². The first-order valence-corrected chi connectivity index (χ1v) is 7.95. The molecule has 0 fully saturated rings. The molecule has 0 aliphatic carbocycles. The number of benzene rings is 1. The highest BCUT2D eigenvalue weighted by Gasteiger charge is 2.15. The lowest BCUT2D eigenvalue weighted by atomic mass is 10.2. The van der Waals surface area contributed by atoms with Gasteiger partial charge in [-0.15, -0.1) is 5.10 Å². The van der Waals surface area contributed by atoms with Crippen LogP contribution in [0, 0.1) is 0 Å². The fraction of sp³-hybridized carbons (Fsp3) is 0.333. The first-order chi connectivity index (χ1) is 11.8. The zero-order valence-electron chi connectivity index (χ0n) is 12.8. The van der Waals surface area contributed by atoms with Crippen molar-refractivity contribution in [2.75, 3.05) is 13.2 Å². The van der Waals surface area contributed by atoms with E-state index in [4.69, 9.17) is 21.1 Å². The highest BCUT2D eigenvalue weighted by Crippen LogP contribution is 2.35. The Hall–Kier alpha value is -2.61. The molecule has 0 unspecified atom stereocenters. The molecule has 24 heavy (non-hydrogen) atoms. The second kappa shape index (κ2) is 6.48. The van der Waals surface area contributed by atoms with Crippen LogP contribution in [-0.2, 0) is 19.5 Å². The highest BCUT2D eigenvalue weighted by molar-refractivity contribution is 6.31. The van der Waals surface area contributed by atoms with Crippen LogP contribution in [0.1, 0.15) is 11.3 Å². The Morgan fingerprint density at radius 2 is 1.96 bits per heavy atom. The van der Waals surface area contributed by atoms with E-state index >= 15 is 0 Å². The number of nitrogens with zero attached hydrogens (tertiary/aromatic N) is 6. The number of halogens is 1. The van der Waals surface area contributed by atoms with Crippen LogP contribution in [0.4, 0.5) is 0 Å². The third kappa shape index (κ3) is 3.18. The molecule has 3 heterocycles. The molecular formula is C15H15ClN6O2. The number of ether oxygens (including phenoxy) is 2. The Morgan fingerprint density at radius 1 is 1.12 bits per heavy atom. The molecule has 0 amide bonds. The molecule has 1 aromatic carbocycles. The van der Waals surface area contributed by atoms with Crippen LogP contribution < -0.4 is 9.47 Å². The van der Waals surface area contributed by atoms with Gasteiger partial charge in [0, 0.05) is 30.3 Å². The Kier molecular flexibility index (Phi) is 4.04. The van der Waals surface area contributed by atoms with Crippen LogP contribution in [0.2, 0.25) is 5.02 Å².